The van der Waals surface area contributed by atoms with E-state index in [9.17, 15) is 4.79 Å². The van der Waals surface area contributed by atoms with Crippen molar-refractivity contribution in [2.75, 3.05) is 38.5 Å². The number of aromatic amines is 1. The fraction of sp³-hybridized carbons (Fsp3) is 0.333. The van der Waals surface area contributed by atoms with Crippen LogP contribution in [0.15, 0.2) is 43.0 Å². The van der Waals surface area contributed by atoms with E-state index in [4.69, 9.17) is 11.6 Å². The molecule has 1 aromatic carbocycles. The van der Waals surface area contributed by atoms with Gasteiger partial charge in [-0.05, 0) is 45.2 Å². The Morgan fingerprint density at radius 3 is 2.65 bits per heavy atom. The minimum Gasteiger partial charge on any atom is -0.349 e. The third kappa shape index (κ3) is 4.49. The molecule has 0 unspecified atom stereocenters. The van der Waals surface area contributed by atoms with Crippen LogP contribution in [0.3, 0.4) is 0 Å². The van der Waals surface area contributed by atoms with Crippen LogP contribution >= 0.6 is 11.6 Å². The molecule has 34 heavy (non-hydrogen) atoms. The van der Waals surface area contributed by atoms with Gasteiger partial charge in [0.05, 0.1) is 22.6 Å². The van der Waals surface area contributed by atoms with Crippen molar-refractivity contribution < 1.29 is 4.79 Å². The molecular weight excluding hydrogens is 452 g/mol. The van der Waals surface area contributed by atoms with Crippen LogP contribution in [-0.2, 0) is 0 Å². The van der Waals surface area contributed by atoms with Crippen molar-refractivity contribution in [2.24, 2.45) is 0 Å². The standard InChI is InChI=1S/C24H27ClN8O/c1-15(2)33-13-21(27-14-33)19-4-5-26-24(30-19)28-17-10-16-11-20(29-22(16)18(25)12-17)23(34)32-8-6-31(3)7-9-32/h4-5,10-15,29H,6-9H2,1-3H3,(H,26,28,30). The number of likely N-dealkylation sites (N-methyl/N-ethyl adjacent to an activating group) is 1. The summed E-state index contributed by atoms with van der Waals surface area (Å²) in [5, 5.41) is 4.59. The van der Waals surface area contributed by atoms with Gasteiger partial charge in [0.1, 0.15) is 11.4 Å². The van der Waals surface area contributed by atoms with Gasteiger partial charge >= 0.3 is 0 Å². The molecular formula is C24H27ClN8O. The number of H-pyrrole nitrogens is 1. The van der Waals surface area contributed by atoms with Crippen molar-refractivity contribution in [1.29, 1.82) is 0 Å². The first kappa shape index (κ1) is 22.4. The van der Waals surface area contributed by atoms with E-state index in [-0.39, 0.29) is 5.91 Å². The van der Waals surface area contributed by atoms with E-state index >= 15 is 0 Å². The van der Waals surface area contributed by atoms with Crippen molar-refractivity contribution in [2.45, 2.75) is 19.9 Å². The molecule has 2 N–H and O–H groups in total. The van der Waals surface area contributed by atoms with E-state index in [0.29, 0.717) is 35.8 Å². The lowest BCUT2D eigenvalue weighted by atomic mass is 10.2. The number of imidazole rings is 1. The molecule has 0 saturated carbocycles. The Kier molecular flexibility index (Phi) is 5.97. The number of rotatable bonds is 5. The number of aromatic nitrogens is 5. The van der Waals surface area contributed by atoms with Crippen LogP contribution in [0.25, 0.3) is 22.3 Å². The van der Waals surface area contributed by atoms with Crippen LogP contribution in [0.2, 0.25) is 5.02 Å². The molecule has 10 heteroatoms. The molecule has 0 bridgehead atoms. The Balaban J connectivity index is 1.38. The van der Waals surface area contributed by atoms with E-state index < -0.39 is 0 Å². The molecule has 0 aliphatic carbocycles. The molecule has 3 aromatic heterocycles. The largest absolute Gasteiger partial charge is 0.349 e. The van der Waals surface area contributed by atoms with Gasteiger partial charge in [0.25, 0.3) is 5.91 Å². The van der Waals surface area contributed by atoms with Crippen molar-refractivity contribution >= 4 is 40.0 Å². The van der Waals surface area contributed by atoms with Gasteiger partial charge in [0.15, 0.2) is 0 Å². The zero-order valence-electron chi connectivity index (χ0n) is 19.4. The van der Waals surface area contributed by atoms with Gasteiger partial charge in [0.2, 0.25) is 5.95 Å². The van der Waals surface area contributed by atoms with Gasteiger partial charge in [-0.2, -0.15) is 0 Å². The van der Waals surface area contributed by atoms with Crippen LogP contribution < -0.4 is 5.32 Å². The van der Waals surface area contributed by atoms with Crippen molar-refractivity contribution in [3.8, 4) is 11.4 Å². The van der Waals surface area contributed by atoms with Crippen molar-refractivity contribution in [1.82, 2.24) is 34.3 Å². The second-order valence-corrected chi connectivity index (χ2v) is 9.30. The van der Waals surface area contributed by atoms with Gasteiger partial charge in [-0.15, -0.1) is 0 Å². The fourth-order valence-corrected chi connectivity index (χ4v) is 4.28. The zero-order chi connectivity index (χ0) is 23.8. The summed E-state index contributed by atoms with van der Waals surface area (Å²) >= 11 is 6.55. The number of amides is 1. The highest BCUT2D eigenvalue weighted by Gasteiger charge is 2.22. The first-order valence-corrected chi connectivity index (χ1v) is 11.7. The first-order valence-electron chi connectivity index (χ1n) is 11.3. The lowest BCUT2D eigenvalue weighted by Gasteiger charge is -2.32. The summed E-state index contributed by atoms with van der Waals surface area (Å²) in [4.78, 5) is 33.7. The lowest BCUT2D eigenvalue weighted by Crippen LogP contribution is -2.47. The summed E-state index contributed by atoms with van der Waals surface area (Å²) in [6, 6.07) is 7.74. The van der Waals surface area contributed by atoms with Gasteiger partial charge in [-0.3, -0.25) is 4.79 Å². The van der Waals surface area contributed by atoms with E-state index in [1.807, 2.05) is 33.9 Å². The SMILES string of the molecule is CC(C)n1cnc(-c2ccnc(Nc3cc(Cl)c4[nH]c(C(=O)N5CCN(C)CC5)cc4c3)n2)c1. The van der Waals surface area contributed by atoms with Gasteiger partial charge in [-0.1, -0.05) is 11.6 Å². The van der Waals surface area contributed by atoms with E-state index in [0.717, 1.165) is 41.1 Å². The smallest absolute Gasteiger partial charge is 0.270 e. The summed E-state index contributed by atoms with van der Waals surface area (Å²) in [5.41, 5.74) is 3.52. The Bertz CT molecular complexity index is 1340. The van der Waals surface area contributed by atoms with Crippen LogP contribution in [-0.4, -0.2) is 73.4 Å². The number of piperazine rings is 1. The van der Waals surface area contributed by atoms with Gasteiger partial charge in [0, 0.05) is 55.7 Å². The average molecular weight is 479 g/mol. The Hall–Kier alpha value is -3.43. The predicted octanol–water partition coefficient (Wildman–Crippen LogP) is 4.19. The molecule has 5 rings (SSSR count). The minimum atomic E-state index is -0.00764. The molecule has 1 aliphatic rings. The molecule has 1 aliphatic heterocycles. The van der Waals surface area contributed by atoms with E-state index in [1.54, 1.807) is 18.6 Å². The average Bonchev–Trinajstić information content (AvgIpc) is 3.48. The highest BCUT2D eigenvalue weighted by molar-refractivity contribution is 6.35. The maximum Gasteiger partial charge on any atom is 0.270 e. The molecule has 9 nitrogen and oxygen atoms in total. The molecule has 0 atom stereocenters. The summed E-state index contributed by atoms with van der Waals surface area (Å²) in [6.07, 6.45) is 5.47. The quantitative estimate of drug-likeness (QED) is 0.446. The number of hydrogen-bond acceptors (Lipinski definition) is 6. The summed E-state index contributed by atoms with van der Waals surface area (Å²) in [6.45, 7) is 7.38. The number of halogens is 1. The second-order valence-electron chi connectivity index (χ2n) is 8.89. The van der Waals surface area contributed by atoms with Crippen LogP contribution in [0.4, 0.5) is 11.6 Å². The third-order valence-corrected chi connectivity index (χ3v) is 6.37. The van der Waals surface area contributed by atoms with Crippen LogP contribution in [0.5, 0.6) is 0 Å². The topological polar surface area (TPSA) is 95.0 Å². The number of carbonyl (C=O) groups is 1. The first-order chi connectivity index (χ1) is 16.4. The maximum absolute atomic E-state index is 13.0. The highest BCUT2D eigenvalue weighted by atomic mass is 35.5. The summed E-state index contributed by atoms with van der Waals surface area (Å²) < 4.78 is 2.03. The van der Waals surface area contributed by atoms with E-state index in [1.165, 1.54) is 0 Å². The second kappa shape index (κ2) is 9.08. The number of fused-ring (bicyclic) bond motifs is 1. The number of carbonyl (C=O) groups excluding carboxylic acids is 1. The molecule has 0 radical (unpaired) electrons. The number of hydrogen-bond donors (Lipinski definition) is 2. The molecule has 4 heterocycles. The normalized spacial score (nSPS) is 14.8. The maximum atomic E-state index is 13.0. The number of anilines is 2. The van der Waals surface area contributed by atoms with Crippen LogP contribution in [0.1, 0.15) is 30.4 Å². The van der Waals surface area contributed by atoms with Crippen molar-refractivity contribution in [3.05, 3.63) is 53.7 Å². The number of nitrogens with zero attached hydrogens (tertiary/aromatic N) is 6. The zero-order valence-corrected chi connectivity index (χ0v) is 20.2. The third-order valence-electron chi connectivity index (χ3n) is 6.07. The van der Waals surface area contributed by atoms with Crippen molar-refractivity contribution in [3.63, 3.8) is 0 Å². The van der Waals surface area contributed by atoms with Gasteiger partial charge in [-0.25, -0.2) is 15.0 Å². The summed E-state index contributed by atoms with van der Waals surface area (Å²) in [5.74, 6) is 0.433. The lowest BCUT2D eigenvalue weighted by molar-refractivity contribution is 0.0659. The molecule has 176 valence electrons. The Labute approximate surface area is 202 Å². The highest BCUT2D eigenvalue weighted by Crippen LogP contribution is 2.30. The van der Waals surface area contributed by atoms with Gasteiger partial charge < -0.3 is 24.7 Å². The summed E-state index contributed by atoms with van der Waals surface area (Å²) in [7, 11) is 2.07. The Morgan fingerprint density at radius 2 is 1.91 bits per heavy atom. The number of nitrogens with one attached hydrogen (secondary N) is 2. The predicted molar refractivity (Wildman–Crippen MR) is 134 cm³/mol. The van der Waals surface area contributed by atoms with E-state index in [2.05, 4.69) is 51.0 Å². The molecule has 1 amide bonds. The minimum absolute atomic E-state index is 0.00764. The monoisotopic (exact) mass is 478 g/mol. The molecule has 1 saturated heterocycles. The Morgan fingerprint density at radius 1 is 1.12 bits per heavy atom. The molecule has 1 fully saturated rings. The molecule has 0 spiro atoms. The molecule has 4 aromatic rings. The number of benzene rings is 1. The fourth-order valence-electron chi connectivity index (χ4n) is 4.01. The van der Waals surface area contributed by atoms with Crippen LogP contribution in [0, 0.1) is 0 Å².